The van der Waals surface area contributed by atoms with Crippen molar-refractivity contribution in [2.75, 3.05) is 7.05 Å². The number of tetrazole rings is 1. The third kappa shape index (κ3) is 0.728. The van der Waals surface area contributed by atoms with Crippen molar-refractivity contribution in [2.45, 2.75) is 6.42 Å². The van der Waals surface area contributed by atoms with E-state index in [-0.39, 0.29) is 12.3 Å². The fourth-order valence-electron chi connectivity index (χ4n) is 0.967. The van der Waals surface area contributed by atoms with Gasteiger partial charge in [-0.1, -0.05) is 0 Å². The van der Waals surface area contributed by atoms with Crippen LogP contribution >= 0.6 is 0 Å². The quantitative estimate of drug-likeness (QED) is 0.446. The monoisotopic (exact) mass is 167 g/mol. The van der Waals surface area contributed by atoms with E-state index in [1.54, 1.807) is 0 Å². The summed E-state index contributed by atoms with van der Waals surface area (Å²) < 4.78 is 1.02. The second-order valence-corrected chi connectivity index (χ2v) is 2.42. The first-order valence-corrected chi connectivity index (χ1v) is 3.28. The molecule has 0 saturated carbocycles. The fraction of sp³-hybridized carbons (Fsp3) is 0.400. The lowest BCUT2D eigenvalue weighted by Crippen LogP contribution is -2.43. The molecular weight excluding hydrogens is 162 g/mol. The number of carbonyl (C=O) groups is 2. The third-order valence-corrected chi connectivity index (χ3v) is 1.69. The molecule has 0 spiro atoms. The van der Waals surface area contributed by atoms with Crippen LogP contribution in [0.4, 0.5) is 4.79 Å². The van der Waals surface area contributed by atoms with Crippen LogP contribution in [0, 0.1) is 0 Å². The summed E-state index contributed by atoms with van der Waals surface area (Å²) in [5, 5.41) is 10.2. The van der Waals surface area contributed by atoms with Crippen LogP contribution in [0.3, 0.4) is 0 Å². The summed E-state index contributed by atoms with van der Waals surface area (Å²) in [5.41, 5.74) is 0. The van der Waals surface area contributed by atoms with Crippen molar-refractivity contribution in [3.63, 3.8) is 0 Å². The SMILES string of the molecule is CN1C(=O)Cc2nnnn2C1=O. The van der Waals surface area contributed by atoms with Crippen LogP contribution in [0.15, 0.2) is 0 Å². The molecule has 1 aliphatic rings. The molecule has 0 N–H and O–H groups in total. The number of rotatable bonds is 0. The van der Waals surface area contributed by atoms with Crippen LogP contribution in [0.25, 0.3) is 0 Å². The van der Waals surface area contributed by atoms with Gasteiger partial charge in [0.25, 0.3) is 0 Å². The van der Waals surface area contributed by atoms with Crippen LogP contribution in [0.5, 0.6) is 0 Å². The molecule has 0 aromatic carbocycles. The van der Waals surface area contributed by atoms with E-state index in [4.69, 9.17) is 0 Å². The van der Waals surface area contributed by atoms with Crippen LogP contribution in [0.2, 0.25) is 0 Å². The van der Waals surface area contributed by atoms with Gasteiger partial charge in [0.1, 0.15) is 0 Å². The Morgan fingerprint density at radius 1 is 1.42 bits per heavy atom. The third-order valence-electron chi connectivity index (χ3n) is 1.69. The molecule has 0 fully saturated rings. The van der Waals surface area contributed by atoms with Gasteiger partial charge >= 0.3 is 6.03 Å². The first kappa shape index (κ1) is 6.89. The maximum Gasteiger partial charge on any atom is 0.354 e. The van der Waals surface area contributed by atoms with Crippen LogP contribution in [0.1, 0.15) is 5.82 Å². The summed E-state index contributed by atoms with van der Waals surface area (Å²) in [6.45, 7) is 0. The van der Waals surface area contributed by atoms with Gasteiger partial charge in [-0.15, -0.1) is 9.78 Å². The van der Waals surface area contributed by atoms with Crippen LogP contribution in [-0.2, 0) is 11.2 Å². The van der Waals surface area contributed by atoms with Crippen LogP contribution in [-0.4, -0.2) is 44.1 Å². The van der Waals surface area contributed by atoms with E-state index in [1.807, 2.05) is 0 Å². The Labute approximate surface area is 67.0 Å². The van der Waals surface area contributed by atoms with E-state index in [2.05, 4.69) is 15.5 Å². The predicted molar refractivity (Wildman–Crippen MR) is 35.1 cm³/mol. The minimum absolute atomic E-state index is 0.0786. The van der Waals surface area contributed by atoms with E-state index in [9.17, 15) is 9.59 Å². The van der Waals surface area contributed by atoms with Crippen LogP contribution < -0.4 is 0 Å². The van der Waals surface area contributed by atoms with Crippen molar-refractivity contribution in [3.8, 4) is 0 Å². The maximum absolute atomic E-state index is 11.2. The first-order valence-electron chi connectivity index (χ1n) is 3.28. The van der Waals surface area contributed by atoms with E-state index in [1.165, 1.54) is 7.05 Å². The first-order chi connectivity index (χ1) is 5.70. The number of fused-ring (bicyclic) bond motifs is 1. The van der Waals surface area contributed by atoms with E-state index >= 15 is 0 Å². The van der Waals surface area contributed by atoms with Gasteiger partial charge in [-0.25, -0.2) is 4.79 Å². The molecule has 1 aliphatic heterocycles. The molecule has 1 aromatic rings. The Balaban J connectivity index is 2.53. The van der Waals surface area contributed by atoms with Crippen molar-refractivity contribution >= 4 is 11.9 Å². The van der Waals surface area contributed by atoms with E-state index in [0.29, 0.717) is 5.82 Å². The Hall–Kier alpha value is -1.79. The lowest BCUT2D eigenvalue weighted by atomic mass is 10.3. The molecule has 2 amide bonds. The van der Waals surface area contributed by atoms with Gasteiger partial charge in [0, 0.05) is 7.05 Å². The number of aromatic nitrogens is 4. The number of carbonyl (C=O) groups excluding carboxylic acids is 2. The Morgan fingerprint density at radius 2 is 2.17 bits per heavy atom. The van der Waals surface area contributed by atoms with Gasteiger partial charge in [-0.05, 0) is 10.4 Å². The second kappa shape index (κ2) is 2.10. The molecule has 7 nitrogen and oxygen atoms in total. The zero-order chi connectivity index (χ0) is 8.72. The van der Waals surface area contributed by atoms with Gasteiger partial charge in [0.05, 0.1) is 6.42 Å². The molecule has 0 radical (unpaired) electrons. The van der Waals surface area contributed by atoms with Crippen molar-refractivity contribution in [3.05, 3.63) is 5.82 Å². The highest BCUT2D eigenvalue weighted by Crippen LogP contribution is 2.06. The van der Waals surface area contributed by atoms with Crippen molar-refractivity contribution in [1.82, 2.24) is 25.1 Å². The molecule has 0 saturated heterocycles. The number of imide groups is 1. The fourth-order valence-corrected chi connectivity index (χ4v) is 0.967. The maximum atomic E-state index is 11.2. The lowest BCUT2D eigenvalue weighted by Gasteiger charge is -2.18. The molecule has 12 heavy (non-hydrogen) atoms. The van der Waals surface area contributed by atoms with Gasteiger partial charge in [-0.3, -0.25) is 9.69 Å². The molecular formula is C5H5N5O2. The molecule has 2 heterocycles. The number of amides is 2. The zero-order valence-corrected chi connectivity index (χ0v) is 6.26. The highest BCUT2D eigenvalue weighted by atomic mass is 16.2. The van der Waals surface area contributed by atoms with Gasteiger partial charge in [0.2, 0.25) is 5.91 Å². The van der Waals surface area contributed by atoms with Crippen molar-refractivity contribution in [1.29, 1.82) is 0 Å². The standard InChI is InChI=1S/C5H5N5O2/c1-9-4(11)2-3-6-7-8-10(3)5(9)12/h2H2,1H3. The number of likely N-dealkylation sites (N-methyl/N-ethyl adjacent to an activating group) is 1. The average Bonchev–Trinajstić information content (AvgIpc) is 2.48. The number of hydrogen-bond donors (Lipinski definition) is 0. The zero-order valence-electron chi connectivity index (χ0n) is 6.26. The van der Waals surface area contributed by atoms with Crippen molar-refractivity contribution in [2.24, 2.45) is 0 Å². The summed E-state index contributed by atoms with van der Waals surface area (Å²) >= 11 is 0. The van der Waals surface area contributed by atoms with Gasteiger partial charge in [0.15, 0.2) is 5.82 Å². The lowest BCUT2D eigenvalue weighted by molar-refractivity contribution is -0.127. The molecule has 2 rings (SSSR count). The topological polar surface area (TPSA) is 81.0 Å². The highest BCUT2D eigenvalue weighted by molar-refractivity contribution is 5.98. The normalized spacial score (nSPS) is 16.6. The van der Waals surface area contributed by atoms with Gasteiger partial charge < -0.3 is 0 Å². The number of nitrogens with zero attached hydrogens (tertiary/aromatic N) is 5. The smallest absolute Gasteiger partial charge is 0.274 e. The number of hydrogen-bond acceptors (Lipinski definition) is 5. The minimum atomic E-state index is -0.508. The molecule has 62 valence electrons. The molecule has 7 heteroatoms. The Bertz CT molecular complexity index is 356. The summed E-state index contributed by atoms with van der Waals surface area (Å²) in [6.07, 6.45) is 0.0786. The molecule has 0 atom stereocenters. The largest absolute Gasteiger partial charge is 0.354 e. The van der Waals surface area contributed by atoms with E-state index < -0.39 is 6.03 Å². The average molecular weight is 167 g/mol. The predicted octanol–water partition coefficient (Wildman–Crippen LogP) is -1.34. The second-order valence-electron chi connectivity index (χ2n) is 2.42. The van der Waals surface area contributed by atoms with E-state index in [0.717, 1.165) is 9.58 Å². The summed E-state index contributed by atoms with van der Waals surface area (Å²) in [6, 6.07) is -0.508. The van der Waals surface area contributed by atoms with Gasteiger partial charge in [-0.2, -0.15) is 0 Å². The Morgan fingerprint density at radius 3 is 2.92 bits per heavy atom. The molecule has 0 bridgehead atoms. The summed E-state index contributed by atoms with van der Waals surface area (Å²) in [5.74, 6) is 0.00500. The summed E-state index contributed by atoms with van der Waals surface area (Å²) in [7, 11) is 1.40. The molecule has 0 unspecified atom stereocenters. The van der Waals surface area contributed by atoms with Crippen molar-refractivity contribution < 1.29 is 9.59 Å². The highest BCUT2D eigenvalue weighted by Gasteiger charge is 2.29. The summed E-state index contributed by atoms with van der Waals surface area (Å²) in [4.78, 5) is 23.3. The Kier molecular flexibility index (Phi) is 1.20. The minimum Gasteiger partial charge on any atom is -0.274 e. The molecule has 0 aliphatic carbocycles. The molecule has 1 aromatic heterocycles.